The minimum atomic E-state index is -0.733. The summed E-state index contributed by atoms with van der Waals surface area (Å²) in [7, 11) is 0. The molecule has 1 aliphatic rings. The third-order valence-electron chi connectivity index (χ3n) is 4.09. The number of benzene rings is 1. The number of rotatable bonds is 3. The average Bonchev–Trinajstić information content (AvgIpc) is 2.90. The molecule has 4 nitrogen and oxygen atoms in total. The fraction of sp³-hybridized carbons (Fsp3) is 0.467. The Balaban J connectivity index is 1.70. The van der Waals surface area contributed by atoms with Crippen LogP contribution in [0.25, 0.3) is 10.2 Å². The Kier molecular flexibility index (Phi) is 3.72. The molecule has 1 N–H and O–H groups in total. The number of nitrogens with zero attached hydrogens (tertiary/aromatic N) is 2. The zero-order chi connectivity index (χ0) is 14.1. The second-order valence-corrected chi connectivity index (χ2v) is 6.41. The maximum absolute atomic E-state index is 11.0. The Labute approximate surface area is 122 Å². The molecule has 3 rings (SSSR count). The van der Waals surface area contributed by atoms with E-state index in [1.165, 1.54) is 9.71 Å². The van der Waals surface area contributed by atoms with E-state index in [0.29, 0.717) is 5.92 Å². The number of hydrogen-bond acceptors (Lipinski definition) is 4. The van der Waals surface area contributed by atoms with Crippen LogP contribution in [-0.4, -0.2) is 40.1 Å². The van der Waals surface area contributed by atoms with Crippen LogP contribution < -0.4 is 0 Å². The molecular weight excluding hydrogens is 272 g/mol. The van der Waals surface area contributed by atoms with Crippen molar-refractivity contribution < 1.29 is 9.90 Å². The smallest absolute Gasteiger partial charge is 0.320 e. The number of para-hydroxylation sites is 1. The van der Waals surface area contributed by atoms with Crippen molar-refractivity contribution in [1.29, 1.82) is 0 Å². The van der Waals surface area contributed by atoms with Crippen LogP contribution in [0.1, 0.15) is 30.7 Å². The molecule has 0 amide bonds. The van der Waals surface area contributed by atoms with Crippen molar-refractivity contribution in [1.82, 2.24) is 9.88 Å². The second-order valence-electron chi connectivity index (χ2n) is 5.34. The van der Waals surface area contributed by atoms with Crippen LogP contribution in [0, 0.1) is 0 Å². The van der Waals surface area contributed by atoms with Gasteiger partial charge in [-0.15, -0.1) is 11.3 Å². The molecule has 2 aromatic rings. The van der Waals surface area contributed by atoms with Gasteiger partial charge in [-0.2, -0.15) is 0 Å². The predicted octanol–water partition coefficient (Wildman–Crippen LogP) is 2.95. The van der Waals surface area contributed by atoms with Crippen molar-refractivity contribution in [3.05, 3.63) is 29.3 Å². The summed E-state index contributed by atoms with van der Waals surface area (Å²) in [4.78, 5) is 17.8. The number of piperidine rings is 1. The third-order valence-corrected chi connectivity index (χ3v) is 5.29. The molecule has 0 spiro atoms. The molecule has 0 unspecified atom stereocenters. The summed E-state index contributed by atoms with van der Waals surface area (Å²) in [6.45, 7) is 3.45. The predicted molar refractivity (Wildman–Crippen MR) is 80.3 cm³/mol. The minimum absolute atomic E-state index is 0.383. The van der Waals surface area contributed by atoms with Gasteiger partial charge < -0.3 is 5.11 Å². The molecule has 20 heavy (non-hydrogen) atoms. The van der Waals surface area contributed by atoms with Crippen molar-refractivity contribution in [2.45, 2.75) is 31.7 Å². The first kappa shape index (κ1) is 13.5. The molecule has 2 heterocycles. The van der Waals surface area contributed by atoms with E-state index >= 15 is 0 Å². The van der Waals surface area contributed by atoms with Gasteiger partial charge in [-0.1, -0.05) is 12.1 Å². The van der Waals surface area contributed by atoms with Gasteiger partial charge in [0.05, 0.1) is 15.2 Å². The Bertz CT molecular complexity index is 584. The normalized spacial score (nSPS) is 19.2. The van der Waals surface area contributed by atoms with Gasteiger partial charge in [0.15, 0.2) is 0 Å². The molecule has 1 saturated heterocycles. The largest absolute Gasteiger partial charge is 0.480 e. The molecule has 1 aliphatic heterocycles. The van der Waals surface area contributed by atoms with E-state index in [1.807, 2.05) is 17.0 Å². The number of thiazole rings is 1. The lowest BCUT2D eigenvalue weighted by atomic mass is 9.96. The summed E-state index contributed by atoms with van der Waals surface area (Å²) >= 11 is 1.77. The second kappa shape index (κ2) is 5.50. The summed E-state index contributed by atoms with van der Waals surface area (Å²) in [6.07, 6.45) is 1.99. The summed E-state index contributed by atoms with van der Waals surface area (Å²) < 4.78 is 1.24. The lowest BCUT2D eigenvalue weighted by Crippen LogP contribution is -2.43. The maximum atomic E-state index is 11.0. The van der Waals surface area contributed by atoms with Gasteiger partial charge in [-0.25, -0.2) is 4.98 Å². The number of carbonyl (C=O) groups is 1. The van der Waals surface area contributed by atoms with E-state index < -0.39 is 5.97 Å². The quantitative estimate of drug-likeness (QED) is 0.944. The fourth-order valence-electron chi connectivity index (χ4n) is 2.75. The number of fused-ring (bicyclic) bond motifs is 1. The third kappa shape index (κ3) is 2.55. The van der Waals surface area contributed by atoms with Crippen LogP contribution in [0.15, 0.2) is 24.3 Å². The number of aromatic nitrogens is 1. The Morgan fingerprint density at radius 3 is 2.75 bits per heavy atom. The number of carboxylic acid groups (broad SMARTS) is 1. The van der Waals surface area contributed by atoms with Crippen molar-refractivity contribution in [2.75, 3.05) is 13.1 Å². The van der Waals surface area contributed by atoms with Gasteiger partial charge >= 0.3 is 5.97 Å². The molecule has 106 valence electrons. The molecule has 1 aromatic carbocycles. The van der Waals surface area contributed by atoms with Gasteiger partial charge in [0.2, 0.25) is 0 Å². The molecule has 0 aliphatic carbocycles. The van der Waals surface area contributed by atoms with Gasteiger partial charge in [-0.3, -0.25) is 9.69 Å². The molecule has 0 saturated carbocycles. The number of carboxylic acids is 1. The van der Waals surface area contributed by atoms with Gasteiger partial charge in [-0.05, 0) is 45.0 Å². The molecular formula is C15H18N2O2S. The first-order valence-corrected chi connectivity index (χ1v) is 7.79. The van der Waals surface area contributed by atoms with E-state index in [0.717, 1.165) is 31.4 Å². The van der Waals surface area contributed by atoms with Crippen LogP contribution >= 0.6 is 11.3 Å². The topological polar surface area (TPSA) is 53.4 Å². The lowest BCUT2D eigenvalue weighted by Gasteiger charge is -2.33. The molecule has 1 aromatic heterocycles. The minimum Gasteiger partial charge on any atom is -0.480 e. The van der Waals surface area contributed by atoms with Gasteiger partial charge in [0.1, 0.15) is 6.04 Å². The van der Waals surface area contributed by atoms with Gasteiger partial charge in [0.25, 0.3) is 0 Å². The van der Waals surface area contributed by atoms with E-state index in [1.54, 1.807) is 18.3 Å². The van der Waals surface area contributed by atoms with Gasteiger partial charge in [0, 0.05) is 5.92 Å². The van der Waals surface area contributed by atoms with Crippen LogP contribution in [0.4, 0.5) is 0 Å². The van der Waals surface area contributed by atoms with Crippen LogP contribution in [0.3, 0.4) is 0 Å². The van der Waals surface area contributed by atoms with Crippen molar-refractivity contribution in [3.63, 3.8) is 0 Å². The highest BCUT2D eigenvalue weighted by atomic mass is 32.1. The van der Waals surface area contributed by atoms with Crippen molar-refractivity contribution in [3.8, 4) is 0 Å². The molecule has 1 fully saturated rings. The summed E-state index contributed by atoms with van der Waals surface area (Å²) in [5.74, 6) is -0.256. The molecule has 1 atom stereocenters. The number of hydrogen-bond donors (Lipinski definition) is 1. The van der Waals surface area contributed by atoms with Crippen LogP contribution in [0.5, 0.6) is 0 Å². The standard InChI is InChI=1S/C15H18N2O2S/c1-10(15(18)19)17-8-6-11(7-9-17)14-16-12-4-2-3-5-13(12)20-14/h2-5,10-11H,6-9H2,1H3,(H,18,19)/t10-/m1/s1. The lowest BCUT2D eigenvalue weighted by molar-refractivity contribution is -0.143. The monoisotopic (exact) mass is 290 g/mol. The SMILES string of the molecule is C[C@H](C(=O)O)N1CCC(c2nc3ccccc3s2)CC1. The van der Waals surface area contributed by atoms with E-state index in [-0.39, 0.29) is 6.04 Å². The highest BCUT2D eigenvalue weighted by molar-refractivity contribution is 7.18. The van der Waals surface area contributed by atoms with Crippen molar-refractivity contribution in [2.24, 2.45) is 0 Å². The summed E-state index contributed by atoms with van der Waals surface area (Å²) in [5.41, 5.74) is 1.08. The van der Waals surface area contributed by atoms with Crippen LogP contribution in [0.2, 0.25) is 0 Å². The zero-order valence-electron chi connectivity index (χ0n) is 11.5. The first-order chi connectivity index (χ1) is 9.65. The maximum Gasteiger partial charge on any atom is 0.320 e. The highest BCUT2D eigenvalue weighted by Gasteiger charge is 2.28. The first-order valence-electron chi connectivity index (χ1n) is 6.97. The summed E-state index contributed by atoms with van der Waals surface area (Å²) in [5, 5.41) is 10.3. The molecule has 0 radical (unpaired) electrons. The van der Waals surface area contributed by atoms with E-state index in [4.69, 9.17) is 10.1 Å². The molecule has 0 bridgehead atoms. The molecule has 5 heteroatoms. The summed E-state index contributed by atoms with van der Waals surface area (Å²) in [6, 6.07) is 7.84. The van der Waals surface area contributed by atoms with Crippen LogP contribution in [-0.2, 0) is 4.79 Å². The Morgan fingerprint density at radius 1 is 1.40 bits per heavy atom. The average molecular weight is 290 g/mol. The Hall–Kier alpha value is -1.46. The fourth-order valence-corrected chi connectivity index (χ4v) is 3.89. The highest BCUT2D eigenvalue weighted by Crippen LogP contribution is 2.34. The van der Waals surface area contributed by atoms with E-state index in [9.17, 15) is 4.79 Å². The van der Waals surface area contributed by atoms with E-state index in [2.05, 4.69) is 12.1 Å². The Morgan fingerprint density at radius 2 is 2.10 bits per heavy atom. The zero-order valence-corrected chi connectivity index (χ0v) is 12.3. The van der Waals surface area contributed by atoms with Crippen molar-refractivity contribution >= 4 is 27.5 Å². The number of aliphatic carboxylic acids is 1. The number of likely N-dealkylation sites (tertiary alicyclic amines) is 1.